The predicted molar refractivity (Wildman–Crippen MR) is 29.9 cm³/mol. The molecule has 0 aromatic rings. The molecule has 0 aliphatic rings. The van der Waals surface area contributed by atoms with Crippen LogP contribution in [-0.4, -0.2) is 26.9 Å². The topological polar surface area (TPSA) is 34.0 Å². The second-order valence-corrected chi connectivity index (χ2v) is 0.868. The lowest BCUT2D eigenvalue weighted by Gasteiger charge is -1.90. The van der Waals surface area contributed by atoms with Crippen LogP contribution in [0.15, 0.2) is 9.98 Å². The second-order valence-electron chi connectivity index (χ2n) is 0.868. The van der Waals surface area contributed by atoms with Crippen molar-refractivity contribution in [3.8, 4) is 0 Å². The van der Waals surface area contributed by atoms with Crippen molar-refractivity contribution in [3.05, 3.63) is 0 Å². The molecule has 0 N–H and O–H groups in total. The van der Waals surface area contributed by atoms with Gasteiger partial charge in [-0.3, -0.25) is 0 Å². The van der Waals surface area contributed by atoms with Crippen LogP contribution in [0.5, 0.6) is 0 Å². The molecule has 0 aliphatic heterocycles. The Labute approximate surface area is 42.7 Å². The minimum Gasteiger partial charge on any atom is -0.467 e. The van der Waals surface area contributed by atoms with E-state index in [1.165, 1.54) is 7.11 Å². The van der Waals surface area contributed by atoms with Crippen molar-refractivity contribution in [2.24, 2.45) is 9.98 Å². The van der Waals surface area contributed by atoms with E-state index in [1.54, 1.807) is 7.05 Å². The molecule has 0 saturated carbocycles. The van der Waals surface area contributed by atoms with E-state index in [9.17, 15) is 0 Å². The summed E-state index contributed by atoms with van der Waals surface area (Å²) in [6.07, 6.45) is 0. The summed E-state index contributed by atoms with van der Waals surface area (Å²) < 4.78 is 4.57. The molecule has 0 aliphatic carbocycles. The monoisotopic (exact) mass is 100 g/mol. The Morgan fingerprint density at radius 3 is 2.29 bits per heavy atom. The van der Waals surface area contributed by atoms with Crippen molar-refractivity contribution >= 4 is 12.7 Å². The molecule has 7 heavy (non-hydrogen) atoms. The average Bonchev–Trinajstić information content (AvgIpc) is 1.72. The summed E-state index contributed by atoms with van der Waals surface area (Å²) in [5, 5.41) is 0. The van der Waals surface area contributed by atoms with Gasteiger partial charge in [-0.2, -0.15) is 0 Å². The molecule has 0 radical (unpaired) electrons. The van der Waals surface area contributed by atoms with Crippen molar-refractivity contribution in [2.45, 2.75) is 0 Å². The molecule has 0 atom stereocenters. The molecule has 0 aromatic carbocycles. The van der Waals surface area contributed by atoms with Crippen LogP contribution in [0.3, 0.4) is 0 Å². The maximum Gasteiger partial charge on any atom is 0.310 e. The Balaban J connectivity index is 3.60. The minimum atomic E-state index is 0.319. The highest BCUT2D eigenvalue weighted by Crippen LogP contribution is 1.74. The smallest absolute Gasteiger partial charge is 0.310 e. The van der Waals surface area contributed by atoms with Gasteiger partial charge in [0.2, 0.25) is 0 Å². The molecule has 0 aromatic heterocycles. The highest BCUT2D eigenvalue weighted by atomic mass is 16.5. The van der Waals surface area contributed by atoms with Crippen LogP contribution in [0.25, 0.3) is 0 Å². The van der Waals surface area contributed by atoms with Crippen LogP contribution in [0.2, 0.25) is 0 Å². The molecule has 40 valence electrons. The summed E-state index contributed by atoms with van der Waals surface area (Å²) in [5.41, 5.74) is 0. The van der Waals surface area contributed by atoms with Crippen molar-refractivity contribution in [1.29, 1.82) is 0 Å². The third kappa shape index (κ3) is 1.92. The Morgan fingerprint density at radius 1 is 1.71 bits per heavy atom. The zero-order valence-electron chi connectivity index (χ0n) is 4.51. The molecule has 0 rings (SSSR count). The fourth-order valence-corrected chi connectivity index (χ4v) is 0.227. The number of nitrogens with zero attached hydrogens (tertiary/aromatic N) is 2. The maximum absolute atomic E-state index is 4.57. The third-order valence-electron chi connectivity index (χ3n) is 0.509. The number of aliphatic imine (C=N–C) groups is 2. The van der Waals surface area contributed by atoms with Gasteiger partial charge in [0.1, 0.15) is 0 Å². The van der Waals surface area contributed by atoms with Crippen molar-refractivity contribution in [1.82, 2.24) is 0 Å². The maximum atomic E-state index is 4.57. The van der Waals surface area contributed by atoms with Gasteiger partial charge in [0, 0.05) is 7.05 Å². The number of hydrogen-bond acceptors (Lipinski definition) is 2. The summed E-state index contributed by atoms with van der Waals surface area (Å²) in [5.74, 6) is 0. The lowest BCUT2D eigenvalue weighted by molar-refractivity contribution is 0.397. The second kappa shape index (κ2) is 3.33. The normalized spacial score (nSPS) is 10.9. The Kier molecular flexibility index (Phi) is 2.92. The standard InChI is InChI=1S/C4H8N2O/c1-5-4(6-2)7-3/h1H2,2-3H3. The lowest BCUT2D eigenvalue weighted by atomic mass is 11.1. The van der Waals surface area contributed by atoms with Gasteiger partial charge in [-0.15, -0.1) is 0 Å². The van der Waals surface area contributed by atoms with E-state index in [-0.39, 0.29) is 0 Å². The van der Waals surface area contributed by atoms with E-state index < -0.39 is 0 Å². The molecule has 0 unspecified atom stereocenters. The average molecular weight is 100 g/mol. The Bertz CT molecular complexity index is 87.7. The highest BCUT2D eigenvalue weighted by molar-refractivity contribution is 5.78. The van der Waals surface area contributed by atoms with Crippen LogP contribution in [0.1, 0.15) is 0 Å². The molecule has 0 saturated heterocycles. The Hall–Kier alpha value is -0.860. The van der Waals surface area contributed by atoms with Crippen LogP contribution in [-0.2, 0) is 4.74 Å². The first kappa shape index (κ1) is 6.14. The molecule has 0 spiro atoms. The summed E-state index contributed by atoms with van der Waals surface area (Å²) in [7, 11) is 3.09. The Morgan fingerprint density at radius 2 is 2.29 bits per heavy atom. The number of ether oxygens (including phenoxy) is 1. The molecule has 0 heterocycles. The zero-order chi connectivity index (χ0) is 5.70. The van der Waals surface area contributed by atoms with Crippen molar-refractivity contribution in [2.75, 3.05) is 14.2 Å². The predicted octanol–water partition coefficient (Wildman–Crippen LogP) is 0.319. The van der Waals surface area contributed by atoms with E-state index in [0.717, 1.165) is 0 Å². The lowest BCUT2D eigenvalue weighted by Crippen LogP contribution is -1.93. The first-order chi connectivity index (χ1) is 3.35. The quantitative estimate of drug-likeness (QED) is 0.319. The molecule has 0 bridgehead atoms. The molecule has 0 fully saturated rings. The summed E-state index contributed by atoms with van der Waals surface area (Å²) in [6, 6.07) is 0.319. The van der Waals surface area contributed by atoms with Gasteiger partial charge in [-0.1, -0.05) is 0 Å². The molecule has 0 amide bonds. The first-order valence-corrected chi connectivity index (χ1v) is 1.82. The first-order valence-electron chi connectivity index (χ1n) is 1.82. The van der Waals surface area contributed by atoms with Crippen LogP contribution < -0.4 is 0 Å². The van der Waals surface area contributed by atoms with Gasteiger partial charge in [0.15, 0.2) is 0 Å². The van der Waals surface area contributed by atoms with Crippen molar-refractivity contribution in [3.63, 3.8) is 0 Å². The number of hydrogen-bond donors (Lipinski definition) is 0. The molecule has 3 heteroatoms. The van der Waals surface area contributed by atoms with Gasteiger partial charge < -0.3 is 4.74 Å². The minimum absolute atomic E-state index is 0.319. The summed E-state index contributed by atoms with van der Waals surface area (Å²) >= 11 is 0. The number of rotatable bonds is 0. The van der Waals surface area contributed by atoms with Crippen LogP contribution >= 0.6 is 0 Å². The van der Waals surface area contributed by atoms with Gasteiger partial charge >= 0.3 is 6.02 Å². The van der Waals surface area contributed by atoms with Gasteiger partial charge in [-0.25, -0.2) is 9.98 Å². The largest absolute Gasteiger partial charge is 0.467 e. The molecular weight excluding hydrogens is 92.1 g/mol. The summed E-state index contributed by atoms with van der Waals surface area (Å²) in [6.45, 7) is 3.20. The fourth-order valence-electron chi connectivity index (χ4n) is 0.227. The van der Waals surface area contributed by atoms with Gasteiger partial charge in [0.05, 0.1) is 7.11 Å². The van der Waals surface area contributed by atoms with E-state index in [0.29, 0.717) is 6.02 Å². The summed E-state index contributed by atoms with van der Waals surface area (Å²) in [4.78, 5) is 6.99. The van der Waals surface area contributed by atoms with Crippen molar-refractivity contribution < 1.29 is 4.74 Å². The molecule has 3 nitrogen and oxygen atoms in total. The van der Waals surface area contributed by atoms with E-state index in [4.69, 9.17) is 0 Å². The highest BCUT2D eigenvalue weighted by Gasteiger charge is 1.81. The van der Waals surface area contributed by atoms with E-state index >= 15 is 0 Å². The van der Waals surface area contributed by atoms with Crippen LogP contribution in [0.4, 0.5) is 0 Å². The number of amidine groups is 1. The van der Waals surface area contributed by atoms with E-state index in [2.05, 4.69) is 21.4 Å². The van der Waals surface area contributed by atoms with Gasteiger partial charge in [-0.05, 0) is 6.72 Å². The van der Waals surface area contributed by atoms with Gasteiger partial charge in [0.25, 0.3) is 0 Å². The third-order valence-corrected chi connectivity index (χ3v) is 0.509. The molecular formula is C4H8N2O. The number of methoxy groups -OCH3 is 1. The zero-order valence-corrected chi connectivity index (χ0v) is 4.51. The van der Waals surface area contributed by atoms with Crippen LogP contribution in [0, 0.1) is 0 Å². The fraction of sp³-hybridized carbons (Fsp3) is 0.500. The SMILES string of the molecule is C=NC(=NC)OC. The van der Waals surface area contributed by atoms with E-state index in [1.807, 2.05) is 0 Å².